The number of anilines is 1. The van der Waals surface area contributed by atoms with E-state index in [1.54, 1.807) is 6.20 Å². The highest BCUT2D eigenvalue weighted by atomic mass is 16.2. The van der Waals surface area contributed by atoms with Gasteiger partial charge in [0.05, 0.1) is 6.20 Å². The summed E-state index contributed by atoms with van der Waals surface area (Å²) in [5.41, 5.74) is 3.26. The van der Waals surface area contributed by atoms with E-state index in [1.165, 1.54) is 11.1 Å². The number of aromatic nitrogens is 3. The molecule has 1 aliphatic rings. The van der Waals surface area contributed by atoms with E-state index in [-0.39, 0.29) is 6.03 Å². The average molecular weight is 285 g/mol. The van der Waals surface area contributed by atoms with Crippen LogP contribution >= 0.6 is 0 Å². The van der Waals surface area contributed by atoms with Crippen LogP contribution in [0.2, 0.25) is 0 Å². The zero-order valence-corrected chi connectivity index (χ0v) is 12.3. The molecule has 1 aromatic carbocycles. The summed E-state index contributed by atoms with van der Waals surface area (Å²) in [4.78, 5) is 13.9. The molecule has 0 bridgehead atoms. The molecule has 1 saturated heterocycles. The topological polar surface area (TPSA) is 63.1 Å². The number of carbonyl (C=O) groups is 1. The molecule has 1 N–H and O–H groups in total. The molecule has 0 saturated carbocycles. The SMILES string of the molecule is Cc1ccc(NC(=O)N2CC(Cn3ccnn3)C2)cc1C. The van der Waals surface area contributed by atoms with Crippen molar-refractivity contribution in [3.63, 3.8) is 0 Å². The van der Waals surface area contributed by atoms with Crippen LogP contribution in [0.5, 0.6) is 0 Å². The average Bonchev–Trinajstić information content (AvgIpc) is 2.90. The van der Waals surface area contributed by atoms with Crippen LogP contribution in [0.15, 0.2) is 30.6 Å². The maximum Gasteiger partial charge on any atom is 0.321 e. The Labute approximate surface area is 123 Å². The van der Waals surface area contributed by atoms with E-state index in [2.05, 4.69) is 22.6 Å². The van der Waals surface area contributed by atoms with Crippen molar-refractivity contribution in [2.75, 3.05) is 18.4 Å². The number of benzene rings is 1. The van der Waals surface area contributed by atoms with Gasteiger partial charge < -0.3 is 10.2 Å². The van der Waals surface area contributed by atoms with Crippen molar-refractivity contribution in [2.24, 2.45) is 5.92 Å². The van der Waals surface area contributed by atoms with Gasteiger partial charge in [-0.1, -0.05) is 11.3 Å². The van der Waals surface area contributed by atoms with Gasteiger partial charge in [0.15, 0.2) is 0 Å². The Balaban J connectivity index is 1.50. The van der Waals surface area contributed by atoms with Gasteiger partial charge >= 0.3 is 6.03 Å². The predicted octanol–water partition coefficient (Wildman–Crippen LogP) is 2.06. The minimum Gasteiger partial charge on any atom is -0.324 e. The third-order valence-corrected chi connectivity index (χ3v) is 3.92. The number of nitrogens with one attached hydrogen (secondary N) is 1. The lowest BCUT2D eigenvalue weighted by Crippen LogP contribution is -2.53. The van der Waals surface area contributed by atoms with E-state index in [1.807, 2.05) is 40.9 Å². The standard InChI is InChI=1S/C15H19N5O/c1-11-3-4-14(7-12(11)2)17-15(21)19-8-13(9-19)10-20-6-5-16-18-20/h3-7,13H,8-10H2,1-2H3,(H,17,21). The van der Waals surface area contributed by atoms with Gasteiger partial charge in [-0.3, -0.25) is 4.68 Å². The Morgan fingerprint density at radius 3 is 2.81 bits per heavy atom. The number of likely N-dealkylation sites (tertiary alicyclic amines) is 1. The lowest BCUT2D eigenvalue weighted by Gasteiger charge is -2.38. The lowest BCUT2D eigenvalue weighted by molar-refractivity contribution is 0.117. The van der Waals surface area contributed by atoms with Crippen molar-refractivity contribution >= 4 is 11.7 Å². The Morgan fingerprint density at radius 2 is 2.14 bits per heavy atom. The first-order valence-electron chi connectivity index (χ1n) is 7.09. The van der Waals surface area contributed by atoms with Crippen LogP contribution in [0.1, 0.15) is 11.1 Å². The van der Waals surface area contributed by atoms with Gasteiger partial charge in [-0.15, -0.1) is 5.10 Å². The second kappa shape index (κ2) is 5.55. The maximum atomic E-state index is 12.1. The second-order valence-electron chi connectivity index (χ2n) is 5.63. The highest BCUT2D eigenvalue weighted by Gasteiger charge is 2.31. The fourth-order valence-electron chi connectivity index (χ4n) is 2.47. The smallest absolute Gasteiger partial charge is 0.321 e. The molecule has 1 aromatic heterocycles. The van der Waals surface area contributed by atoms with Crippen molar-refractivity contribution in [3.8, 4) is 0 Å². The number of hydrogen-bond donors (Lipinski definition) is 1. The summed E-state index contributed by atoms with van der Waals surface area (Å²) in [6.45, 7) is 6.44. The summed E-state index contributed by atoms with van der Waals surface area (Å²) in [5, 5.41) is 10.7. The van der Waals surface area contributed by atoms with Crippen LogP contribution in [-0.4, -0.2) is 39.0 Å². The van der Waals surface area contributed by atoms with Gasteiger partial charge in [0.25, 0.3) is 0 Å². The van der Waals surface area contributed by atoms with E-state index in [9.17, 15) is 4.79 Å². The number of urea groups is 1. The molecular weight excluding hydrogens is 266 g/mol. The summed E-state index contributed by atoms with van der Waals surface area (Å²) in [6.07, 6.45) is 3.51. The lowest BCUT2D eigenvalue weighted by atomic mass is 10.0. The number of carbonyl (C=O) groups excluding carboxylic acids is 1. The summed E-state index contributed by atoms with van der Waals surface area (Å²) in [7, 11) is 0. The summed E-state index contributed by atoms with van der Waals surface area (Å²) < 4.78 is 1.81. The third kappa shape index (κ3) is 3.04. The van der Waals surface area contributed by atoms with Gasteiger partial charge in [-0.25, -0.2) is 4.79 Å². The van der Waals surface area contributed by atoms with Crippen LogP contribution in [0.3, 0.4) is 0 Å². The van der Waals surface area contributed by atoms with Crippen LogP contribution in [0.4, 0.5) is 10.5 Å². The minimum atomic E-state index is -0.0342. The summed E-state index contributed by atoms with van der Waals surface area (Å²) >= 11 is 0. The zero-order chi connectivity index (χ0) is 14.8. The monoisotopic (exact) mass is 285 g/mol. The molecule has 21 heavy (non-hydrogen) atoms. The number of nitrogens with zero attached hydrogens (tertiary/aromatic N) is 4. The fourth-order valence-corrected chi connectivity index (χ4v) is 2.47. The summed E-state index contributed by atoms with van der Waals surface area (Å²) in [6, 6.07) is 5.93. The van der Waals surface area contributed by atoms with Crippen molar-refractivity contribution in [1.82, 2.24) is 19.9 Å². The molecule has 0 atom stereocenters. The number of amides is 2. The van der Waals surface area contributed by atoms with Gasteiger partial charge in [0, 0.05) is 37.4 Å². The third-order valence-electron chi connectivity index (χ3n) is 3.92. The number of rotatable bonds is 3. The van der Waals surface area contributed by atoms with E-state index in [0.29, 0.717) is 5.92 Å². The normalized spacial score (nSPS) is 14.9. The maximum absolute atomic E-state index is 12.1. The van der Waals surface area contributed by atoms with E-state index in [0.717, 1.165) is 25.3 Å². The number of aryl methyl sites for hydroxylation is 2. The van der Waals surface area contributed by atoms with Gasteiger partial charge in [-0.05, 0) is 37.1 Å². The Hall–Kier alpha value is -2.37. The zero-order valence-electron chi connectivity index (χ0n) is 12.3. The molecule has 3 rings (SSSR count). The Kier molecular flexibility index (Phi) is 3.60. The highest BCUT2D eigenvalue weighted by Crippen LogP contribution is 2.20. The van der Waals surface area contributed by atoms with Crippen molar-refractivity contribution in [3.05, 3.63) is 41.7 Å². The molecule has 0 aliphatic carbocycles. The number of hydrogen-bond acceptors (Lipinski definition) is 3. The predicted molar refractivity (Wildman–Crippen MR) is 80.0 cm³/mol. The Morgan fingerprint density at radius 1 is 1.33 bits per heavy atom. The molecule has 1 aliphatic heterocycles. The van der Waals surface area contributed by atoms with Gasteiger partial charge in [0.1, 0.15) is 0 Å². The first-order chi connectivity index (χ1) is 10.1. The molecule has 2 heterocycles. The van der Waals surface area contributed by atoms with E-state index < -0.39 is 0 Å². The van der Waals surface area contributed by atoms with Crippen LogP contribution in [0, 0.1) is 19.8 Å². The molecule has 6 nitrogen and oxygen atoms in total. The quantitative estimate of drug-likeness (QED) is 0.939. The summed E-state index contributed by atoms with van der Waals surface area (Å²) in [5.74, 6) is 0.456. The molecule has 6 heteroatoms. The molecule has 0 unspecified atom stereocenters. The molecule has 0 spiro atoms. The van der Waals surface area contributed by atoms with Crippen molar-refractivity contribution in [1.29, 1.82) is 0 Å². The fraction of sp³-hybridized carbons (Fsp3) is 0.400. The molecule has 1 fully saturated rings. The van der Waals surface area contributed by atoms with Gasteiger partial charge in [0.2, 0.25) is 0 Å². The molecule has 2 aromatic rings. The van der Waals surface area contributed by atoms with Crippen LogP contribution in [-0.2, 0) is 6.54 Å². The van der Waals surface area contributed by atoms with Crippen LogP contribution in [0.25, 0.3) is 0 Å². The molecule has 110 valence electrons. The molecular formula is C15H19N5O. The van der Waals surface area contributed by atoms with E-state index >= 15 is 0 Å². The van der Waals surface area contributed by atoms with E-state index in [4.69, 9.17) is 0 Å². The first-order valence-corrected chi connectivity index (χ1v) is 7.09. The minimum absolute atomic E-state index is 0.0342. The first kappa shape index (κ1) is 13.6. The Bertz CT molecular complexity index is 632. The largest absolute Gasteiger partial charge is 0.324 e. The second-order valence-corrected chi connectivity index (χ2v) is 5.63. The van der Waals surface area contributed by atoms with Crippen molar-refractivity contribution < 1.29 is 4.79 Å². The van der Waals surface area contributed by atoms with Crippen LogP contribution < -0.4 is 5.32 Å². The molecule has 2 amide bonds. The molecule has 0 radical (unpaired) electrons. The van der Waals surface area contributed by atoms with Crippen molar-refractivity contribution in [2.45, 2.75) is 20.4 Å². The highest BCUT2D eigenvalue weighted by molar-refractivity contribution is 5.90. The van der Waals surface area contributed by atoms with Gasteiger partial charge in [-0.2, -0.15) is 0 Å².